The van der Waals surface area contributed by atoms with E-state index in [-0.39, 0.29) is 34.8 Å². The first-order chi connectivity index (χ1) is 16.3. The Kier molecular flexibility index (Phi) is 8.24. The van der Waals surface area contributed by atoms with Gasteiger partial charge in [0.15, 0.2) is 11.6 Å². The minimum Gasteiger partial charge on any atom is -0.505 e. The summed E-state index contributed by atoms with van der Waals surface area (Å²) in [6, 6.07) is 13.3. The molecule has 34 heavy (non-hydrogen) atoms. The summed E-state index contributed by atoms with van der Waals surface area (Å²) in [5.74, 6) is -1.70. The van der Waals surface area contributed by atoms with Gasteiger partial charge in [0.2, 0.25) is 5.91 Å². The second-order valence-corrected chi connectivity index (χ2v) is 8.44. The molecule has 3 rings (SSSR count). The molecule has 9 heteroatoms. The first kappa shape index (κ1) is 24.8. The maximum atomic E-state index is 13.7. The molecular weight excluding hydrogens is 434 g/mol. The van der Waals surface area contributed by atoms with E-state index in [4.69, 9.17) is 4.99 Å². The Balaban J connectivity index is 2.01. The quantitative estimate of drug-likeness (QED) is 0.277. The highest BCUT2D eigenvalue weighted by Gasteiger charge is 2.26. The third kappa shape index (κ3) is 6.12. The number of hydrogen-bond donors (Lipinski definition) is 3. The Morgan fingerprint density at radius 1 is 0.971 bits per heavy atom. The highest BCUT2D eigenvalue weighted by Crippen LogP contribution is 2.29. The number of carbonyl (C=O) groups is 3. The van der Waals surface area contributed by atoms with Gasteiger partial charge in [0, 0.05) is 21.0 Å². The number of nitrogens with one attached hydrogen (secondary N) is 2. The van der Waals surface area contributed by atoms with Gasteiger partial charge in [-0.3, -0.25) is 24.8 Å². The van der Waals surface area contributed by atoms with E-state index in [1.54, 1.807) is 56.6 Å². The number of nitrogens with zero attached hydrogens (tertiary/aromatic N) is 3. The lowest BCUT2D eigenvalue weighted by Gasteiger charge is -2.25. The molecule has 0 aliphatic heterocycles. The molecule has 2 aromatic carbocycles. The van der Waals surface area contributed by atoms with Crippen LogP contribution in [0.3, 0.4) is 0 Å². The Morgan fingerprint density at radius 2 is 1.65 bits per heavy atom. The van der Waals surface area contributed by atoms with Crippen LogP contribution in [0.1, 0.15) is 49.4 Å². The van der Waals surface area contributed by atoms with Crippen molar-refractivity contribution in [2.24, 2.45) is 4.99 Å². The number of hydrogen-bond acceptors (Lipinski definition) is 5. The zero-order chi connectivity index (χ0) is 24.7. The van der Waals surface area contributed by atoms with Crippen LogP contribution in [0.15, 0.2) is 53.5 Å². The third-order valence-corrected chi connectivity index (χ3v) is 5.50. The molecule has 0 aromatic heterocycles. The van der Waals surface area contributed by atoms with E-state index in [0.717, 1.165) is 37.1 Å². The summed E-state index contributed by atoms with van der Waals surface area (Å²) in [6.45, 7) is 1.32. The average Bonchev–Trinajstić information content (AvgIpc) is 2.83. The number of para-hydroxylation sites is 2. The summed E-state index contributed by atoms with van der Waals surface area (Å²) in [5.41, 5.74) is 3.29. The van der Waals surface area contributed by atoms with Crippen LogP contribution >= 0.6 is 0 Å². The maximum absolute atomic E-state index is 13.7. The number of amides is 3. The molecule has 3 N–H and O–H groups in total. The van der Waals surface area contributed by atoms with Crippen molar-refractivity contribution in [1.82, 2.24) is 10.3 Å². The van der Waals surface area contributed by atoms with Gasteiger partial charge in [-0.25, -0.2) is 5.01 Å². The molecule has 0 heterocycles. The number of benzene rings is 2. The van der Waals surface area contributed by atoms with Crippen LogP contribution in [-0.4, -0.2) is 53.7 Å². The van der Waals surface area contributed by atoms with Gasteiger partial charge in [-0.1, -0.05) is 43.5 Å². The molecule has 1 aliphatic rings. The number of hydrazine groups is 1. The summed E-state index contributed by atoms with van der Waals surface area (Å²) in [5, 5.41) is 14.9. The van der Waals surface area contributed by atoms with Crippen molar-refractivity contribution in [1.29, 1.82) is 0 Å². The fraction of sp³-hybridized carbons (Fsp3) is 0.360. The zero-order valence-corrected chi connectivity index (χ0v) is 19.7. The molecule has 9 nitrogen and oxygen atoms in total. The minimum absolute atomic E-state index is 0.0331. The molecule has 3 amide bonds. The molecule has 0 bridgehead atoms. The Morgan fingerprint density at radius 3 is 2.26 bits per heavy atom. The van der Waals surface area contributed by atoms with E-state index in [1.807, 2.05) is 0 Å². The van der Waals surface area contributed by atoms with Gasteiger partial charge in [-0.05, 0) is 37.1 Å². The van der Waals surface area contributed by atoms with Crippen molar-refractivity contribution < 1.29 is 19.5 Å². The van der Waals surface area contributed by atoms with Crippen molar-refractivity contribution in [3.8, 4) is 5.75 Å². The molecule has 1 aliphatic carbocycles. The van der Waals surface area contributed by atoms with Crippen LogP contribution in [0.5, 0.6) is 5.75 Å². The number of phenolic OH excluding ortho intramolecular Hbond substituents is 1. The van der Waals surface area contributed by atoms with E-state index in [9.17, 15) is 19.5 Å². The SMILES string of the molecule is CC(=O)NN(C(=O)C(=NC1CCCCC1)Nc1cccc(C(=O)N(C)C)c1O)c1ccccc1. The number of aliphatic imine (C=N–C) groups is 1. The Hall–Kier alpha value is -3.88. The van der Waals surface area contributed by atoms with Gasteiger partial charge < -0.3 is 15.3 Å². The molecule has 1 fully saturated rings. The van der Waals surface area contributed by atoms with Gasteiger partial charge in [-0.15, -0.1) is 0 Å². The standard InChI is InChI=1S/C25H31N5O4/c1-17(31)28-30(19-13-8-5-9-14-19)25(34)23(26-18-11-6-4-7-12-18)27-21-16-10-15-20(22(21)32)24(33)29(2)3/h5,8-10,13-16,18,32H,4,6-7,11-12H2,1-3H3,(H,26,27)(H,28,31). The first-order valence-corrected chi connectivity index (χ1v) is 11.3. The van der Waals surface area contributed by atoms with Crippen LogP contribution in [-0.2, 0) is 9.59 Å². The summed E-state index contributed by atoms with van der Waals surface area (Å²) >= 11 is 0. The second kappa shape index (κ2) is 11.3. The van der Waals surface area contributed by atoms with Crippen LogP contribution in [0.2, 0.25) is 0 Å². The molecule has 0 unspecified atom stereocenters. The summed E-state index contributed by atoms with van der Waals surface area (Å²) in [6.07, 6.45) is 4.84. The van der Waals surface area contributed by atoms with Gasteiger partial charge in [0.1, 0.15) is 0 Å². The van der Waals surface area contributed by atoms with Crippen LogP contribution in [0, 0.1) is 0 Å². The number of carbonyl (C=O) groups excluding carboxylic acids is 3. The van der Waals surface area contributed by atoms with Gasteiger partial charge >= 0.3 is 5.91 Å². The first-order valence-electron chi connectivity index (χ1n) is 11.3. The monoisotopic (exact) mass is 465 g/mol. The molecule has 180 valence electrons. The van der Waals surface area contributed by atoms with Gasteiger partial charge in [0.25, 0.3) is 5.91 Å². The molecule has 0 saturated heterocycles. The predicted octanol–water partition coefficient (Wildman–Crippen LogP) is 3.32. The molecule has 0 atom stereocenters. The average molecular weight is 466 g/mol. The Labute approximate surface area is 199 Å². The fourth-order valence-corrected chi connectivity index (χ4v) is 3.79. The summed E-state index contributed by atoms with van der Waals surface area (Å²) < 4.78 is 0. The normalized spacial score (nSPS) is 14.3. The number of phenols is 1. The van der Waals surface area contributed by atoms with Crippen LogP contribution < -0.4 is 15.8 Å². The summed E-state index contributed by atoms with van der Waals surface area (Å²) in [4.78, 5) is 44.1. The number of anilines is 2. The van der Waals surface area contributed by atoms with Gasteiger partial charge in [0.05, 0.1) is 23.0 Å². The lowest BCUT2D eigenvalue weighted by molar-refractivity contribution is -0.122. The minimum atomic E-state index is -0.587. The topological polar surface area (TPSA) is 114 Å². The smallest absolute Gasteiger partial charge is 0.312 e. The van der Waals surface area contributed by atoms with Crippen LogP contribution in [0.25, 0.3) is 0 Å². The lowest BCUT2D eigenvalue weighted by Crippen LogP contribution is -2.50. The van der Waals surface area contributed by atoms with E-state index in [0.29, 0.717) is 5.69 Å². The van der Waals surface area contributed by atoms with Crippen molar-refractivity contribution in [2.45, 2.75) is 45.1 Å². The number of aromatic hydroxyl groups is 1. The summed E-state index contributed by atoms with van der Waals surface area (Å²) in [7, 11) is 3.18. The Bertz CT molecular complexity index is 1060. The molecule has 2 aromatic rings. The molecule has 1 saturated carbocycles. The lowest BCUT2D eigenvalue weighted by atomic mass is 9.96. The van der Waals surface area contributed by atoms with Crippen LogP contribution in [0.4, 0.5) is 11.4 Å². The largest absolute Gasteiger partial charge is 0.505 e. The number of rotatable bonds is 4. The van der Waals surface area contributed by atoms with E-state index in [2.05, 4.69) is 10.7 Å². The molecule has 0 spiro atoms. The molecule has 0 radical (unpaired) electrons. The number of amidine groups is 1. The van der Waals surface area contributed by atoms with Crippen molar-refractivity contribution in [3.05, 3.63) is 54.1 Å². The van der Waals surface area contributed by atoms with E-state index >= 15 is 0 Å². The van der Waals surface area contributed by atoms with E-state index in [1.165, 1.54) is 17.9 Å². The maximum Gasteiger partial charge on any atom is 0.312 e. The highest BCUT2D eigenvalue weighted by atomic mass is 16.3. The highest BCUT2D eigenvalue weighted by molar-refractivity contribution is 6.47. The van der Waals surface area contributed by atoms with Crippen molar-refractivity contribution >= 4 is 34.9 Å². The third-order valence-electron chi connectivity index (χ3n) is 5.50. The van der Waals surface area contributed by atoms with E-state index < -0.39 is 11.8 Å². The predicted molar refractivity (Wildman–Crippen MR) is 132 cm³/mol. The van der Waals surface area contributed by atoms with Gasteiger partial charge in [-0.2, -0.15) is 0 Å². The molecular formula is C25H31N5O4. The fourth-order valence-electron chi connectivity index (χ4n) is 3.79. The van der Waals surface area contributed by atoms with Crippen molar-refractivity contribution in [3.63, 3.8) is 0 Å². The van der Waals surface area contributed by atoms with Crippen molar-refractivity contribution in [2.75, 3.05) is 24.4 Å². The second-order valence-electron chi connectivity index (χ2n) is 8.44. The zero-order valence-electron chi connectivity index (χ0n) is 19.7.